The molecule has 1 saturated heterocycles. The van der Waals surface area contributed by atoms with Crippen LogP contribution in [-0.4, -0.2) is 38.2 Å². The molecule has 1 amide bonds. The van der Waals surface area contributed by atoms with Gasteiger partial charge in [-0.2, -0.15) is 0 Å². The highest BCUT2D eigenvalue weighted by atomic mass is 16.5. The number of amides is 1. The van der Waals surface area contributed by atoms with Gasteiger partial charge in [0.05, 0.1) is 19.6 Å². The first kappa shape index (κ1) is 14.0. The van der Waals surface area contributed by atoms with Crippen molar-refractivity contribution in [2.45, 2.75) is 38.6 Å². The summed E-state index contributed by atoms with van der Waals surface area (Å²) in [4.78, 5) is 23.3. The first-order valence-electron chi connectivity index (χ1n) is 6.15. The van der Waals surface area contributed by atoms with Crippen molar-refractivity contribution < 1.29 is 19.1 Å². The quantitative estimate of drug-likeness (QED) is 0.703. The molecule has 0 bridgehead atoms. The van der Waals surface area contributed by atoms with Gasteiger partial charge in [0.2, 0.25) is 5.91 Å². The van der Waals surface area contributed by atoms with Crippen molar-refractivity contribution >= 4 is 11.9 Å². The molecule has 0 saturated carbocycles. The van der Waals surface area contributed by atoms with Crippen LogP contribution in [0.4, 0.5) is 0 Å². The summed E-state index contributed by atoms with van der Waals surface area (Å²) in [6, 6.07) is -0.520. The molecular formula is C12H21NO4. The van der Waals surface area contributed by atoms with Gasteiger partial charge >= 0.3 is 5.97 Å². The van der Waals surface area contributed by atoms with Crippen LogP contribution in [0.3, 0.4) is 0 Å². The Labute approximate surface area is 102 Å². The van der Waals surface area contributed by atoms with Crippen molar-refractivity contribution in [1.82, 2.24) is 5.32 Å². The fourth-order valence-electron chi connectivity index (χ4n) is 1.83. The molecule has 0 unspecified atom stereocenters. The molecule has 0 aromatic heterocycles. The molecule has 1 aliphatic heterocycles. The Hall–Kier alpha value is -1.10. The first-order chi connectivity index (χ1) is 8.19. The van der Waals surface area contributed by atoms with E-state index in [1.807, 2.05) is 6.92 Å². The second kappa shape index (κ2) is 7.27. The predicted octanol–water partition coefficient (Wildman–Crippen LogP) is 0.871. The van der Waals surface area contributed by atoms with E-state index in [0.29, 0.717) is 19.6 Å². The van der Waals surface area contributed by atoms with Gasteiger partial charge in [0, 0.05) is 6.61 Å². The fraction of sp³-hybridized carbons (Fsp3) is 0.833. The topological polar surface area (TPSA) is 64.6 Å². The van der Waals surface area contributed by atoms with Gasteiger partial charge < -0.3 is 14.8 Å². The van der Waals surface area contributed by atoms with Crippen molar-refractivity contribution in [3.8, 4) is 0 Å². The highest BCUT2D eigenvalue weighted by molar-refractivity contribution is 5.85. The number of ether oxygens (including phenoxy) is 2. The average molecular weight is 243 g/mol. The molecule has 5 nitrogen and oxygen atoms in total. The minimum Gasteiger partial charge on any atom is -0.467 e. The third kappa shape index (κ3) is 4.34. The van der Waals surface area contributed by atoms with Crippen LogP contribution in [0.15, 0.2) is 0 Å². The van der Waals surface area contributed by atoms with E-state index in [4.69, 9.17) is 4.74 Å². The first-order valence-corrected chi connectivity index (χ1v) is 6.15. The molecule has 1 aliphatic rings. The van der Waals surface area contributed by atoms with Crippen LogP contribution < -0.4 is 5.32 Å². The molecule has 1 heterocycles. The number of hydrogen-bond donors (Lipinski definition) is 1. The lowest BCUT2D eigenvalue weighted by Gasteiger charge is -2.18. The van der Waals surface area contributed by atoms with E-state index in [1.165, 1.54) is 7.11 Å². The molecule has 5 heteroatoms. The third-order valence-electron chi connectivity index (χ3n) is 2.95. The Morgan fingerprint density at radius 1 is 1.53 bits per heavy atom. The van der Waals surface area contributed by atoms with Crippen molar-refractivity contribution in [3.05, 3.63) is 0 Å². The van der Waals surface area contributed by atoms with Crippen LogP contribution >= 0.6 is 0 Å². The second-order valence-electron chi connectivity index (χ2n) is 4.29. The summed E-state index contributed by atoms with van der Waals surface area (Å²) in [5, 5.41) is 2.75. The summed E-state index contributed by atoms with van der Waals surface area (Å²) in [7, 11) is 1.34. The van der Waals surface area contributed by atoms with Crippen LogP contribution in [0.2, 0.25) is 0 Å². The van der Waals surface area contributed by atoms with Crippen molar-refractivity contribution in [3.63, 3.8) is 0 Å². The van der Waals surface area contributed by atoms with Crippen LogP contribution in [0, 0.1) is 5.92 Å². The number of hydrogen-bond acceptors (Lipinski definition) is 4. The maximum atomic E-state index is 11.8. The molecule has 1 fully saturated rings. The van der Waals surface area contributed by atoms with Gasteiger partial charge in [-0.25, -0.2) is 4.79 Å². The SMILES string of the molecule is CCCC[C@@H](NC(=O)[C@H]1CCOC1)C(=O)OC. The summed E-state index contributed by atoms with van der Waals surface area (Å²) in [6.07, 6.45) is 3.23. The summed E-state index contributed by atoms with van der Waals surface area (Å²) >= 11 is 0. The molecular weight excluding hydrogens is 222 g/mol. The molecule has 0 radical (unpaired) electrons. The Morgan fingerprint density at radius 2 is 2.29 bits per heavy atom. The van der Waals surface area contributed by atoms with E-state index in [1.54, 1.807) is 0 Å². The monoisotopic (exact) mass is 243 g/mol. The van der Waals surface area contributed by atoms with Crippen LogP contribution in [-0.2, 0) is 19.1 Å². The van der Waals surface area contributed by atoms with Crippen molar-refractivity contribution in [1.29, 1.82) is 0 Å². The predicted molar refractivity (Wildman–Crippen MR) is 62.4 cm³/mol. The summed E-state index contributed by atoms with van der Waals surface area (Å²) in [5.41, 5.74) is 0. The number of unbranched alkanes of at least 4 members (excludes halogenated alkanes) is 1. The molecule has 2 atom stereocenters. The smallest absolute Gasteiger partial charge is 0.328 e. The van der Waals surface area contributed by atoms with E-state index in [0.717, 1.165) is 19.3 Å². The van der Waals surface area contributed by atoms with Crippen molar-refractivity contribution in [2.75, 3.05) is 20.3 Å². The molecule has 0 aromatic rings. The highest BCUT2D eigenvalue weighted by Gasteiger charge is 2.28. The van der Waals surface area contributed by atoms with E-state index in [2.05, 4.69) is 10.1 Å². The number of methoxy groups -OCH3 is 1. The second-order valence-corrected chi connectivity index (χ2v) is 4.29. The highest BCUT2D eigenvalue weighted by Crippen LogP contribution is 2.13. The van der Waals surface area contributed by atoms with E-state index < -0.39 is 6.04 Å². The van der Waals surface area contributed by atoms with Crippen LogP contribution in [0.25, 0.3) is 0 Å². The summed E-state index contributed by atoms with van der Waals surface area (Å²) in [6.45, 7) is 3.12. The number of rotatable bonds is 6. The Bertz CT molecular complexity index is 261. The normalized spacial score (nSPS) is 20.9. The fourth-order valence-corrected chi connectivity index (χ4v) is 1.83. The van der Waals surface area contributed by atoms with Gasteiger partial charge in [0.1, 0.15) is 6.04 Å². The molecule has 0 spiro atoms. The number of nitrogens with one attached hydrogen (secondary N) is 1. The lowest BCUT2D eigenvalue weighted by molar-refractivity contribution is -0.145. The average Bonchev–Trinajstić information content (AvgIpc) is 2.87. The minimum atomic E-state index is -0.520. The van der Waals surface area contributed by atoms with Gasteiger partial charge in [0.25, 0.3) is 0 Å². The number of carbonyl (C=O) groups excluding carboxylic acids is 2. The lowest BCUT2D eigenvalue weighted by Crippen LogP contribution is -2.44. The number of carbonyl (C=O) groups is 2. The van der Waals surface area contributed by atoms with Gasteiger partial charge in [-0.3, -0.25) is 4.79 Å². The zero-order valence-corrected chi connectivity index (χ0v) is 10.5. The Kier molecular flexibility index (Phi) is 5.97. The standard InChI is InChI=1S/C12H21NO4/c1-3-4-5-10(12(15)16-2)13-11(14)9-6-7-17-8-9/h9-10H,3-8H2,1-2H3,(H,13,14)/t9-,10+/m0/s1. The van der Waals surface area contributed by atoms with Crippen LogP contribution in [0.5, 0.6) is 0 Å². The molecule has 0 aromatic carbocycles. The van der Waals surface area contributed by atoms with E-state index >= 15 is 0 Å². The van der Waals surface area contributed by atoms with Crippen molar-refractivity contribution in [2.24, 2.45) is 5.92 Å². The minimum absolute atomic E-state index is 0.103. The molecule has 1 N–H and O–H groups in total. The van der Waals surface area contributed by atoms with Gasteiger partial charge in [0.15, 0.2) is 0 Å². The van der Waals surface area contributed by atoms with Gasteiger partial charge in [-0.05, 0) is 12.8 Å². The zero-order valence-electron chi connectivity index (χ0n) is 10.5. The maximum Gasteiger partial charge on any atom is 0.328 e. The zero-order chi connectivity index (χ0) is 12.7. The molecule has 17 heavy (non-hydrogen) atoms. The number of esters is 1. The molecule has 98 valence electrons. The van der Waals surface area contributed by atoms with Crippen LogP contribution in [0.1, 0.15) is 32.6 Å². The van der Waals surface area contributed by atoms with Gasteiger partial charge in [-0.15, -0.1) is 0 Å². The van der Waals surface area contributed by atoms with E-state index in [9.17, 15) is 9.59 Å². The largest absolute Gasteiger partial charge is 0.467 e. The molecule has 0 aliphatic carbocycles. The lowest BCUT2D eigenvalue weighted by atomic mass is 10.1. The maximum absolute atomic E-state index is 11.8. The Morgan fingerprint density at radius 3 is 2.82 bits per heavy atom. The third-order valence-corrected chi connectivity index (χ3v) is 2.95. The van der Waals surface area contributed by atoms with Gasteiger partial charge in [-0.1, -0.05) is 19.8 Å². The summed E-state index contributed by atoms with van der Waals surface area (Å²) < 4.78 is 9.84. The Balaban J connectivity index is 2.46. The summed E-state index contributed by atoms with van der Waals surface area (Å²) in [5.74, 6) is -0.594. The van der Waals surface area contributed by atoms with E-state index in [-0.39, 0.29) is 17.8 Å². The molecule has 1 rings (SSSR count).